The van der Waals surface area contributed by atoms with Crippen LogP contribution in [0.5, 0.6) is 0 Å². The maximum Gasteiger partial charge on any atom is 0.147 e. The number of ether oxygens (including phenoxy) is 2. The van der Waals surface area contributed by atoms with Crippen molar-refractivity contribution in [2.75, 3.05) is 26.5 Å². The second kappa shape index (κ2) is 6.57. The Bertz CT molecular complexity index is 272. The zero-order chi connectivity index (χ0) is 11.1. The molecule has 1 aromatic heterocycles. The Morgan fingerprint density at radius 1 is 1.50 bits per heavy atom. The first kappa shape index (κ1) is 11.5. The molecule has 0 bridgehead atoms. The van der Waals surface area contributed by atoms with Crippen LogP contribution in [0.2, 0.25) is 0 Å². The molecule has 1 aliphatic rings. The predicted octanol–water partition coefficient (Wildman–Crippen LogP) is 0.0208. The molecule has 0 aliphatic carbocycles. The van der Waals surface area contributed by atoms with Gasteiger partial charge in [0.25, 0.3) is 0 Å². The van der Waals surface area contributed by atoms with E-state index < -0.39 is 0 Å². The largest absolute Gasteiger partial charge is 0.355 e. The maximum absolute atomic E-state index is 5.42. The van der Waals surface area contributed by atoms with Crippen molar-refractivity contribution in [1.82, 2.24) is 20.3 Å². The summed E-state index contributed by atoms with van der Waals surface area (Å²) in [7, 11) is 0. The summed E-state index contributed by atoms with van der Waals surface area (Å²) in [5, 5.41) is 11.0. The fraction of sp³-hybridized carbons (Fsp3) is 0.800. The Kier molecular flexibility index (Phi) is 4.72. The van der Waals surface area contributed by atoms with Gasteiger partial charge in [-0.3, -0.25) is 4.68 Å². The van der Waals surface area contributed by atoms with Crippen molar-refractivity contribution in [3.63, 3.8) is 0 Å². The lowest BCUT2D eigenvalue weighted by Crippen LogP contribution is -2.34. The smallest absolute Gasteiger partial charge is 0.147 e. The van der Waals surface area contributed by atoms with Gasteiger partial charge in [-0.15, -0.1) is 5.10 Å². The molecule has 1 atom stereocenters. The maximum atomic E-state index is 5.42. The van der Waals surface area contributed by atoms with Gasteiger partial charge in [-0.05, 0) is 19.4 Å². The summed E-state index contributed by atoms with van der Waals surface area (Å²) in [6.07, 6.45) is 5.91. The van der Waals surface area contributed by atoms with Crippen molar-refractivity contribution >= 4 is 0 Å². The first-order valence-corrected chi connectivity index (χ1v) is 5.69. The zero-order valence-electron chi connectivity index (χ0n) is 9.34. The fourth-order valence-electron chi connectivity index (χ4n) is 1.64. The van der Waals surface area contributed by atoms with Crippen molar-refractivity contribution in [3.8, 4) is 0 Å². The minimum atomic E-state index is 0.306. The van der Waals surface area contributed by atoms with Crippen LogP contribution in [-0.2, 0) is 16.0 Å². The van der Waals surface area contributed by atoms with Gasteiger partial charge >= 0.3 is 0 Å². The van der Waals surface area contributed by atoms with Crippen molar-refractivity contribution in [2.45, 2.75) is 25.5 Å². The van der Waals surface area contributed by atoms with E-state index in [1.165, 1.54) is 0 Å². The lowest BCUT2D eigenvalue weighted by atomic mass is 10.2. The van der Waals surface area contributed by atoms with E-state index in [1.807, 2.05) is 10.9 Å². The van der Waals surface area contributed by atoms with E-state index in [4.69, 9.17) is 9.47 Å². The average molecular weight is 226 g/mol. The van der Waals surface area contributed by atoms with Crippen molar-refractivity contribution in [3.05, 3.63) is 12.4 Å². The van der Waals surface area contributed by atoms with Gasteiger partial charge in [-0.1, -0.05) is 5.21 Å². The minimum Gasteiger partial charge on any atom is -0.355 e. The molecule has 2 heterocycles. The summed E-state index contributed by atoms with van der Waals surface area (Å²) >= 11 is 0. The third-order valence-electron chi connectivity index (χ3n) is 2.56. The van der Waals surface area contributed by atoms with E-state index in [0.717, 1.165) is 39.1 Å². The number of nitrogens with zero attached hydrogens (tertiary/aromatic N) is 3. The van der Waals surface area contributed by atoms with Gasteiger partial charge in [0, 0.05) is 19.3 Å². The van der Waals surface area contributed by atoms with E-state index in [-0.39, 0.29) is 0 Å². The third kappa shape index (κ3) is 3.88. The Morgan fingerprint density at radius 2 is 2.50 bits per heavy atom. The fourth-order valence-corrected chi connectivity index (χ4v) is 1.64. The zero-order valence-corrected chi connectivity index (χ0v) is 9.34. The van der Waals surface area contributed by atoms with E-state index in [1.54, 1.807) is 6.20 Å². The van der Waals surface area contributed by atoms with E-state index in [0.29, 0.717) is 12.9 Å². The number of nitrogens with one attached hydrogen (secondary N) is 1. The molecule has 0 aromatic carbocycles. The Morgan fingerprint density at radius 3 is 3.25 bits per heavy atom. The summed E-state index contributed by atoms with van der Waals surface area (Å²) in [5.74, 6) is 0. The first-order valence-electron chi connectivity index (χ1n) is 5.69. The second-order valence-electron chi connectivity index (χ2n) is 3.83. The molecule has 1 fully saturated rings. The molecule has 16 heavy (non-hydrogen) atoms. The highest BCUT2D eigenvalue weighted by Crippen LogP contribution is 2.04. The molecule has 6 heteroatoms. The summed E-state index contributed by atoms with van der Waals surface area (Å²) in [4.78, 5) is 0. The molecule has 1 unspecified atom stereocenters. The average Bonchev–Trinajstić information content (AvgIpc) is 2.83. The molecule has 0 spiro atoms. The van der Waals surface area contributed by atoms with Gasteiger partial charge in [0.1, 0.15) is 6.79 Å². The normalized spacial score (nSPS) is 21.1. The lowest BCUT2D eigenvalue weighted by molar-refractivity contribution is -0.137. The van der Waals surface area contributed by atoms with Gasteiger partial charge < -0.3 is 14.8 Å². The van der Waals surface area contributed by atoms with Crippen molar-refractivity contribution in [1.29, 1.82) is 0 Å². The van der Waals surface area contributed by atoms with Crippen LogP contribution in [0.25, 0.3) is 0 Å². The summed E-state index contributed by atoms with van der Waals surface area (Å²) in [6, 6.07) is 0. The SMILES string of the molecule is c1cn(CCCNCC2CCOCO2)nn1. The van der Waals surface area contributed by atoms with Crippen LogP contribution < -0.4 is 5.32 Å². The highest BCUT2D eigenvalue weighted by Gasteiger charge is 2.12. The molecule has 1 N–H and O–H groups in total. The van der Waals surface area contributed by atoms with Gasteiger partial charge in [0.05, 0.1) is 18.9 Å². The molecule has 1 saturated heterocycles. The number of hydrogen-bond donors (Lipinski definition) is 1. The Labute approximate surface area is 94.9 Å². The molecule has 6 nitrogen and oxygen atoms in total. The predicted molar refractivity (Wildman–Crippen MR) is 57.8 cm³/mol. The van der Waals surface area contributed by atoms with Gasteiger partial charge in [-0.2, -0.15) is 0 Å². The first-order chi connectivity index (χ1) is 7.95. The molecule has 1 aliphatic heterocycles. The van der Waals surface area contributed by atoms with Crippen LogP contribution >= 0.6 is 0 Å². The van der Waals surface area contributed by atoms with E-state index in [9.17, 15) is 0 Å². The Balaban J connectivity index is 1.48. The monoisotopic (exact) mass is 226 g/mol. The highest BCUT2D eigenvalue weighted by molar-refractivity contribution is 4.65. The molecule has 0 saturated carbocycles. The standard InChI is InChI=1S/C10H18N4O2/c1(5-14-6-4-12-13-14)3-11-8-10-2-7-15-9-16-10/h4,6,10-11H,1-3,5,7-9H2. The molecule has 0 radical (unpaired) electrons. The van der Waals surface area contributed by atoms with Gasteiger partial charge in [0.2, 0.25) is 0 Å². The number of rotatable bonds is 6. The molecular formula is C10H18N4O2. The highest BCUT2D eigenvalue weighted by atomic mass is 16.7. The molecule has 1 aromatic rings. The quantitative estimate of drug-likeness (QED) is 0.693. The minimum absolute atomic E-state index is 0.306. The summed E-state index contributed by atoms with van der Waals surface area (Å²) in [5.41, 5.74) is 0. The van der Waals surface area contributed by atoms with Crippen LogP contribution in [0.15, 0.2) is 12.4 Å². The molecule has 2 rings (SSSR count). The lowest BCUT2D eigenvalue weighted by Gasteiger charge is -2.22. The molecule has 0 amide bonds. The van der Waals surface area contributed by atoms with Crippen LogP contribution in [0.1, 0.15) is 12.8 Å². The van der Waals surface area contributed by atoms with Gasteiger partial charge in [-0.25, -0.2) is 0 Å². The van der Waals surface area contributed by atoms with E-state index in [2.05, 4.69) is 15.6 Å². The third-order valence-corrected chi connectivity index (χ3v) is 2.56. The van der Waals surface area contributed by atoms with Crippen LogP contribution in [0.3, 0.4) is 0 Å². The number of aromatic nitrogens is 3. The number of aryl methyl sites for hydroxylation is 1. The number of hydrogen-bond acceptors (Lipinski definition) is 5. The second-order valence-corrected chi connectivity index (χ2v) is 3.83. The van der Waals surface area contributed by atoms with Crippen LogP contribution in [0.4, 0.5) is 0 Å². The van der Waals surface area contributed by atoms with Crippen LogP contribution in [-0.4, -0.2) is 47.6 Å². The molecular weight excluding hydrogens is 208 g/mol. The van der Waals surface area contributed by atoms with E-state index >= 15 is 0 Å². The van der Waals surface area contributed by atoms with Gasteiger partial charge in [0.15, 0.2) is 0 Å². The Hall–Kier alpha value is -0.980. The molecule has 90 valence electrons. The summed E-state index contributed by atoms with van der Waals surface area (Å²) < 4.78 is 12.4. The van der Waals surface area contributed by atoms with Crippen molar-refractivity contribution < 1.29 is 9.47 Å². The van der Waals surface area contributed by atoms with Crippen LogP contribution in [0, 0.1) is 0 Å². The topological polar surface area (TPSA) is 61.2 Å². The summed E-state index contributed by atoms with van der Waals surface area (Å²) in [6.45, 7) is 4.03. The van der Waals surface area contributed by atoms with Crippen molar-refractivity contribution in [2.24, 2.45) is 0 Å².